The van der Waals surface area contributed by atoms with Crippen molar-refractivity contribution in [1.29, 1.82) is 0 Å². The molecule has 5 atom stereocenters. The standard InChI is InChI=1S/C30H33IO5/c1-22(32)36-29-27(31)17-26(21-33-18-23-11-5-2-6-12-23)28(34-19-24-13-7-3-8-14-24)30(29)35-20-25-15-9-4-10-16-25/h2-16,26-30H,17-21H2,1H3/t26-,27+,28-,29-,30+/m1/s1. The van der Waals surface area contributed by atoms with Crippen LogP contribution >= 0.6 is 22.6 Å². The van der Waals surface area contributed by atoms with E-state index in [4.69, 9.17) is 18.9 Å². The molecule has 1 aliphatic rings. The van der Waals surface area contributed by atoms with E-state index in [1.165, 1.54) is 6.92 Å². The van der Waals surface area contributed by atoms with E-state index in [1.54, 1.807) is 0 Å². The SMILES string of the molecule is CC(=O)O[C@H]1[C@@H](OCc2ccccc2)[C@H](OCc2ccccc2)[C@@H](COCc2ccccc2)C[C@@H]1I. The van der Waals surface area contributed by atoms with Gasteiger partial charge in [0.1, 0.15) is 12.2 Å². The molecule has 6 heteroatoms. The van der Waals surface area contributed by atoms with Gasteiger partial charge in [-0.05, 0) is 23.1 Å². The molecule has 5 nitrogen and oxygen atoms in total. The van der Waals surface area contributed by atoms with Crippen molar-refractivity contribution in [3.63, 3.8) is 0 Å². The Morgan fingerprint density at radius 1 is 0.722 bits per heavy atom. The van der Waals surface area contributed by atoms with Crippen LogP contribution in [0.3, 0.4) is 0 Å². The Balaban J connectivity index is 1.53. The van der Waals surface area contributed by atoms with E-state index in [1.807, 2.05) is 78.9 Å². The second kappa shape index (κ2) is 13.9. The highest BCUT2D eigenvalue weighted by Gasteiger charge is 2.47. The van der Waals surface area contributed by atoms with Crippen LogP contribution in [0.25, 0.3) is 0 Å². The highest BCUT2D eigenvalue weighted by atomic mass is 127. The van der Waals surface area contributed by atoms with Crippen molar-refractivity contribution in [2.75, 3.05) is 6.61 Å². The van der Waals surface area contributed by atoms with Crippen LogP contribution in [0.4, 0.5) is 0 Å². The lowest BCUT2D eigenvalue weighted by Crippen LogP contribution is -2.56. The van der Waals surface area contributed by atoms with Crippen molar-refractivity contribution in [2.45, 2.75) is 55.4 Å². The smallest absolute Gasteiger partial charge is 0.303 e. The molecule has 0 unspecified atom stereocenters. The molecule has 1 fully saturated rings. The molecule has 0 saturated heterocycles. The fourth-order valence-corrected chi connectivity index (χ4v) is 5.78. The van der Waals surface area contributed by atoms with Crippen LogP contribution in [-0.4, -0.2) is 34.8 Å². The molecular formula is C30H33IO5. The van der Waals surface area contributed by atoms with Gasteiger partial charge in [-0.3, -0.25) is 4.79 Å². The van der Waals surface area contributed by atoms with Gasteiger partial charge in [0.05, 0.1) is 36.5 Å². The van der Waals surface area contributed by atoms with E-state index in [9.17, 15) is 4.79 Å². The van der Waals surface area contributed by atoms with E-state index in [-0.39, 0.29) is 21.9 Å². The molecule has 4 rings (SSSR count). The van der Waals surface area contributed by atoms with Gasteiger partial charge in [0.2, 0.25) is 0 Å². The van der Waals surface area contributed by atoms with Gasteiger partial charge >= 0.3 is 5.97 Å². The Hall–Kier alpha value is -2.26. The Labute approximate surface area is 227 Å². The summed E-state index contributed by atoms with van der Waals surface area (Å²) in [5.41, 5.74) is 3.29. The van der Waals surface area contributed by atoms with E-state index in [2.05, 4.69) is 34.7 Å². The summed E-state index contributed by atoms with van der Waals surface area (Å²) in [6, 6.07) is 30.3. The minimum absolute atomic E-state index is 0.0779. The predicted molar refractivity (Wildman–Crippen MR) is 148 cm³/mol. The van der Waals surface area contributed by atoms with Crippen LogP contribution in [0.1, 0.15) is 30.0 Å². The molecule has 0 radical (unpaired) electrons. The number of ether oxygens (including phenoxy) is 4. The van der Waals surface area contributed by atoms with E-state index in [0.717, 1.165) is 23.1 Å². The fourth-order valence-electron chi connectivity index (χ4n) is 4.57. The average Bonchev–Trinajstić information content (AvgIpc) is 2.90. The quantitative estimate of drug-likeness (QED) is 0.151. The van der Waals surface area contributed by atoms with Crippen molar-refractivity contribution in [1.82, 2.24) is 0 Å². The monoisotopic (exact) mass is 600 g/mol. The zero-order valence-electron chi connectivity index (χ0n) is 20.5. The van der Waals surface area contributed by atoms with Crippen LogP contribution in [0, 0.1) is 5.92 Å². The largest absolute Gasteiger partial charge is 0.459 e. The highest BCUT2D eigenvalue weighted by Crippen LogP contribution is 2.37. The van der Waals surface area contributed by atoms with Crippen LogP contribution in [0.15, 0.2) is 91.0 Å². The average molecular weight is 600 g/mol. The van der Waals surface area contributed by atoms with Gasteiger partial charge in [-0.1, -0.05) is 114 Å². The maximum atomic E-state index is 12.0. The summed E-state index contributed by atoms with van der Waals surface area (Å²) in [6.45, 7) is 3.38. The summed E-state index contributed by atoms with van der Waals surface area (Å²) >= 11 is 2.38. The van der Waals surface area contributed by atoms with Gasteiger partial charge in [-0.2, -0.15) is 0 Å². The van der Waals surface area contributed by atoms with Gasteiger partial charge in [0, 0.05) is 12.8 Å². The van der Waals surface area contributed by atoms with Crippen LogP contribution in [0.2, 0.25) is 0 Å². The van der Waals surface area contributed by atoms with Gasteiger partial charge in [-0.25, -0.2) is 0 Å². The van der Waals surface area contributed by atoms with Crippen LogP contribution in [-0.2, 0) is 43.6 Å². The zero-order valence-corrected chi connectivity index (χ0v) is 22.7. The Morgan fingerprint density at radius 3 is 1.69 bits per heavy atom. The molecule has 36 heavy (non-hydrogen) atoms. The molecule has 1 aliphatic carbocycles. The predicted octanol–water partition coefficient (Wildman–Crippen LogP) is 6.13. The maximum Gasteiger partial charge on any atom is 0.303 e. The Kier molecular flexibility index (Phi) is 10.3. The first-order chi connectivity index (χ1) is 17.6. The number of carbonyl (C=O) groups is 1. The van der Waals surface area contributed by atoms with Gasteiger partial charge in [0.25, 0.3) is 0 Å². The summed E-state index contributed by atoms with van der Waals surface area (Å²) in [5, 5.41) is 0. The van der Waals surface area contributed by atoms with Crippen LogP contribution < -0.4 is 0 Å². The molecule has 0 N–H and O–H groups in total. The number of esters is 1. The third kappa shape index (κ3) is 7.87. The molecular weight excluding hydrogens is 567 g/mol. The second-order valence-corrected chi connectivity index (χ2v) is 10.7. The third-order valence-electron chi connectivity index (χ3n) is 6.31. The van der Waals surface area contributed by atoms with Crippen molar-refractivity contribution < 1.29 is 23.7 Å². The molecule has 3 aromatic carbocycles. The number of hydrogen-bond acceptors (Lipinski definition) is 5. The molecule has 1 saturated carbocycles. The normalized spacial score (nSPS) is 23.8. The molecule has 0 heterocycles. The second-order valence-electron chi connectivity index (χ2n) is 9.11. The molecule has 0 aromatic heterocycles. The minimum Gasteiger partial charge on any atom is -0.459 e. The fraction of sp³-hybridized carbons (Fsp3) is 0.367. The van der Waals surface area contributed by atoms with Crippen molar-refractivity contribution in [2.24, 2.45) is 5.92 Å². The number of alkyl halides is 1. The molecule has 0 aliphatic heterocycles. The van der Waals surface area contributed by atoms with E-state index >= 15 is 0 Å². The number of halogens is 1. The summed E-state index contributed by atoms with van der Waals surface area (Å²) in [5.74, 6) is -0.220. The number of carbonyl (C=O) groups excluding carboxylic acids is 1. The van der Waals surface area contributed by atoms with Crippen molar-refractivity contribution in [3.05, 3.63) is 108 Å². The summed E-state index contributed by atoms with van der Waals surface area (Å²) in [7, 11) is 0. The molecule has 0 bridgehead atoms. The summed E-state index contributed by atoms with van der Waals surface area (Å²) in [6.07, 6.45) is -0.311. The van der Waals surface area contributed by atoms with Gasteiger partial charge in [0.15, 0.2) is 0 Å². The molecule has 0 amide bonds. The summed E-state index contributed by atoms with van der Waals surface area (Å²) in [4.78, 5) is 12.0. The first kappa shape index (κ1) is 26.8. The van der Waals surface area contributed by atoms with E-state index in [0.29, 0.717) is 26.4 Å². The lowest BCUT2D eigenvalue weighted by molar-refractivity contribution is -0.193. The first-order valence-corrected chi connectivity index (χ1v) is 13.6. The lowest BCUT2D eigenvalue weighted by Gasteiger charge is -2.44. The van der Waals surface area contributed by atoms with Crippen molar-refractivity contribution in [3.8, 4) is 0 Å². The third-order valence-corrected chi connectivity index (χ3v) is 7.53. The Bertz CT molecular complexity index is 1050. The highest BCUT2D eigenvalue weighted by molar-refractivity contribution is 14.1. The minimum atomic E-state index is -0.418. The summed E-state index contributed by atoms with van der Waals surface area (Å²) < 4.78 is 25.1. The maximum absolute atomic E-state index is 12.0. The van der Waals surface area contributed by atoms with Crippen LogP contribution in [0.5, 0.6) is 0 Å². The Morgan fingerprint density at radius 2 is 1.19 bits per heavy atom. The number of benzene rings is 3. The topological polar surface area (TPSA) is 54.0 Å². The number of rotatable bonds is 11. The zero-order chi connectivity index (χ0) is 25.2. The molecule has 3 aromatic rings. The number of hydrogen-bond donors (Lipinski definition) is 0. The van der Waals surface area contributed by atoms with Gasteiger partial charge < -0.3 is 18.9 Å². The van der Waals surface area contributed by atoms with E-state index < -0.39 is 12.2 Å². The van der Waals surface area contributed by atoms with Crippen molar-refractivity contribution >= 4 is 28.6 Å². The first-order valence-electron chi connectivity index (χ1n) is 12.3. The lowest BCUT2D eigenvalue weighted by atomic mass is 9.82. The molecule has 190 valence electrons. The molecule has 0 spiro atoms. The van der Waals surface area contributed by atoms with Gasteiger partial charge in [-0.15, -0.1) is 0 Å².